The van der Waals surface area contributed by atoms with E-state index in [4.69, 9.17) is 5.73 Å². The Labute approximate surface area is 131 Å². The lowest BCUT2D eigenvalue weighted by Crippen LogP contribution is -2.43. The van der Waals surface area contributed by atoms with Crippen molar-refractivity contribution in [2.75, 3.05) is 0 Å². The highest BCUT2D eigenvalue weighted by atomic mass is 14.7. The second kappa shape index (κ2) is 8.58. The van der Waals surface area contributed by atoms with E-state index in [-0.39, 0.29) is 5.41 Å². The topological polar surface area (TPSA) is 26.0 Å². The molecule has 2 N–H and O–H groups in total. The molecule has 1 saturated carbocycles. The highest BCUT2D eigenvalue weighted by Gasteiger charge is 2.40. The minimum atomic E-state index is 0.269. The molecule has 0 spiro atoms. The van der Waals surface area contributed by atoms with Gasteiger partial charge in [-0.25, -0.2) is 0 Å². The SMILES string of the molecule is CCCCCCCCC(N)C1(c2ccccc2)CCCC1. The van der Waals surface area contributed by atoms with Gasteiger partial charge in [-0.1, -0.05) is 88.6 Å². The highest BCUT2D eigenvalue weighted by Crippen LogP contribution is 2.44. The maximum Gasteiger partial charge on any atom is 0.0136 e. The molecule has 118 valence electrons. The van der Waals surface area contributed by atoms with Gasteiger partial charge < -0.3 is 5.73 Å². The van der Waals surface area contributed by atoms with Gasteiger partial charge in [-0.05, 0) is 24.8 Å². The van der Waals surface area contributed by atoms with Crippen LogP contribution >= 0.6 is 0 Å². The summed E-state index contributed by atoms with van der Waals surface area (Å²) in [5.74, 6) is 0. The lowest BCUT2D eigenvalue weighted by molar-refractivity contribution is 0.325. The summed E-state index contributed by atoms with van der Waals surface area (Å²) in [6, 6.07) is 11.4. The van der Waals surface area contributed by atoms with Gasteiger partial charge in [0.25, 0.3) is 0 Å². The molecule has 1 aliphatic rings. The summed E-state index contributed by atoms with van der Waals surface area (Å²) < 4.78 is 0. The summed E-state index contributed by atoms with van der Waals surface area (Å²) in [7, 11) is 0. The van der Waals surface area contributed by atoms with Crippen LogP contribution in [0.2, 0.25) is 0 Å². The standard InChI is InChI=1S/C20H33N/c1-2-3-4-5-6-10-15-19(21)20(16-11-12-17-20)18-13-8-7-9-14-18/h7-9,13-14,19H,2-6,10-12,15-17,21H2,1H3. The maximum absolute atomic E-state index is 6.69. The molecule has 2 rings (SSSR count). The van der Waals surface area contributed by atoms with Gasteiger partial charge in [-0.3, -0.25) is 0 Å². The Morgan fingerprint density at radius 3 is 2.24 bits per heavy atom. The predicted octanol–water partition coefficient (Wildman–Crippen LogP) is 5.58. The molecule has 1 aromatic carbocycles. The number of nitrogens with two attached hydrogens (primary N) is 1. The van der Waals surface area contributed by atoms with Crippen LogP contribution in [-0.4, -0.2) is 6.04 Å². The fourth-order valence-corrected chi connectivity index (χ4v) is 4.07. The van der Waals surface area contributed by atoms with Crippen LogP contribution in [0, 0.1) is 0 Å². The minimum Gasteiger partial charge on any atom is -0.327 e. The molecular formula is C20H33N. The number of rotatable bonds is 9. The Morgan fingerprint density at radius 2 is 1.57 bits per heavy atom. The molecular weight excluding hydrogens is 254 g/mol. The van der Waals surface area contributed by atoms with E-state index in [2.05, 4.69) is 37.3 Å². The van der Waals surface area contributed by atoms with Crippen LogP contribution in [-0.2, 0) is 5.41 Å². The third-order valence-corrected chi connectivity index (χ3v) is 5.42. The number of benzene rings is 1. The molecule has 1 nitrogen and oxygen atoms in total. The lowest BCUT2D eigenvalue weighted by Gasteiger charge is -2.36. The number of unbranched alkanes of at least 4 members (excludes halogenated alkanes) is 5. The first-order valence-corrected chi connectivity index (χ1v) is 9.11. The quantitative estimate of drug-likeness (QED) is 0.590. The first-order valence-electron chi connectivity index (χ1n) is 9.11. The normalized spacial score (nSPS) is 18.8. The maximum atomic E-state index is 6.69. The molecule has 1 aromatic rings. The van der Waals surface area contributed by atoms with Crippen LogP contribution in [0.5, 0.6) is 0 Å². The van der Waals surface area contributed by atoms with Crippen LogP contribution < -0.4 is 5.73 Å². The molecule has 1 unspecified atom stereocenters. The van der Waals surface area contributed by atoms with E-state index in [1.165, 1.54) is 76.2 Å². The lowest BCUT2D eigenvalue weighted by atomic mass is 9.71. The molecule has 1 aliphatic carbocycles. The van der Waals surface area contributed by atoms with Gasteiger partial charge in [0.2, 0.25) is 0 Å². The molecule has 0 aliphatic heterocycles. The monoisotopic (exact) mass is 287 g/mol. The molecule has 1 atom stereocenters. The predicted molar refractivity (Wildman–Crippen MR) is 92.6 cm³/mol. The van der Waals surface area contributed by atoms with Crippen LogP contribution in [0.1, 0.15) is 83.1 Å². The third-order valence-electron chi connectivity index (χ3n) is 5.42. The summed E-state index contributed by atoms with van der Waals surface area (Å²) in [4.78, 5) is 0. The highest BCUT2D eigenvalue weighted by molar-refractivity contribution is 5.29. The molecule has 0 saturated heterocycles. The largest absolute Gasteiger partial charge is 0.327 e. The van der Waals surface area contributed by atoms with Crippen molar-refractivity contribution in [2.45, 2.75) is 89.0 Å². The van der Waals surface area contributed by atoms with Gasteiger partial charge in [0.1, 0.15) is 0 Å². The zero-order valence-electron chi connectivity index (χ0n) is 13.8. The zero-order valence-corrected chi connectivity index (χ0v) is 13.8. The summed E-state index contributed by atoms with van der Waals surface area (Å²) in [5, 5.41) is 0. The van der Waals surface area contributed by atoms with Gasteiger partial charge in [-0.2, -0.15) is 0 Å². The van der Waals surface area contributed by atoms with Crippen LogP contribution in [0.4, 0.5) is 0 Å². The van der Waals surface area contributed by atoms with Gasteiger partial charge in [0.05, 0.1) is 0 Å². The Bertz CT molecular complexity index is 378. The zero-order chi connectivity index (χ0) is 15.0. The number of hydrogen-bond donors (Lipinski definition) is 1. The summed E-state index contributed by atoms with van der Waals surface area (Å²) in [6.45, 7) is 2.28. The van der Waals surface area contributed by atoms with Crippen LogP contribution in [0.3, 0.4) is 0 Å². The van der Waals surface area contributed by atoms with E-state index in [9.17, 15) is 0 Å². The number of hydrogen-bond acceptors (Lipinski definition) is 1. The molecule has 0 bridgehead atoms. The Balaban J connectivity index is 1.87. The van der Waals surface area contributed by atoms with E-state index < -0.39 is 0 Å². The van der Waals surface area contributed by atoms with E-state index in [1.54, 1.807) is 0 Å². The van der Waals surface area contributed by atoms with Crippen molar-refractivity contribution >= 4 is 0 Å². The third kappa shape index (κ3) is 4.32. The molecule has 0 aromatic heterocycles. The minimum absolute atomic E-state index is 0.269. The van der Waals surface area contributed by atoms with Crippen molar-refractivity contribution in [1.82, 2.24) is 0 Å². The van der Waals surface area contributed by atoms with Crippen molar-refractivity contribution in [3.05, 3.63) is 35.9 Å². The first kappa shape index (κ1) is 16.5. The van der Waals surface area contributed by atoms with Gasteiger partial charge in [0.15, 0.2) is 0 Å². The fourth-order valence-electron chi connectivity index (χ4n) is 4.07. The molecule has 0 radical (unpaired) electrons. The molecule has 0 amide bonds. The van der Waals surface area contributed by atoms with E-state index in [1.807, 2.05) is 0 Å². The van der Waals surface area contributed by atoms with Gasteiger partial charge in [-0.15, -0.1) is 0 Å². The summed E-state index contributed by atoms with van der Waals surface area (Å²) in [5.41, 5.74) is 8.44. The van der Waals surface area contributed by atoms with E-state index in [0.717, 1.165) is 0 Å². The molecule has 1 fully saturated rings. The van der Waals surface area contributed by atoms with E-state index in [0.29, 0.717) is 6.04 Å². The fraction of sp³-hybridized carbons (Fsp3) is 0.700. The summed E-state index contributed by atoms with van der Waals surface area (Å²) >= 11 is 0. The summed E-state index contributed by atoms with van der Waals surface area (Å²) in [6.07, 6.45) is 14.6. The van der Waals surface area contributed by atoms with Crippen molar-refractivity contribution in [3.8, 4) is 0 Å². The average Bonchev–Trinajstić information content (AvgIpc) is 3.02. The van der Waals surface area contributed by atoms with Crippen LogP contribution in [0.25, 0.3) is 0 Å². The average molecular weight is 287 g/mol. The first-order chi connectivity index (χ1) is 10.3. The Hall–Kier alpha value is -0.820. The second-order valence-corrected chi connectivity index (χ2v) is 6.89. The van der Waals surface area contributed by atoms with Crippen molar-refractivity contribution in [2.24, 2.45) is 5.73 Å². The Kier molecular flexibility index (Phi) is 6.76. The van der Waals surface area contributed by atoms with Crippen LogP contribution in [0.15, 0.2) is 30.3 Å². The van der Waals surface area contributed by atoms with Gasteiger partial charge in [0, 0.05) is 11.5 Å². The second-order valence-electron chi connectivity index (χ2n) is 6.89. The molecule has 0 heterocycles. The Morgan fingerprint density at radius 1 is 0.952 bits per heavy atom. The van der Waals surface area contributed by atoms with Crippen molar-refractivity contribution in [1.29, 1.82) is 0 Å². The smallest absolute Gasteiger partial charge is 0.0136 e. The molecule has 21 heavy (non-hydrogen) atoms. The van der Waals surface area contributed by atoms with Crippen molar-refractivity contribution < 1.29 is 0 Å². The van der Waals surface area contributed by atoms with E-state index >= 15 is 0 Å². The van der Waals surface area contributed by atoms with Crippen molar-refractivity contribution in [3.63, 3.8) is 0 Å². The van der Waals surface area contributed by atoms with Gasteiger partial charge >= 0.3 is 0 Å². The molecule has 1 heteroatoms.